The van der Waals surface area contributed by atoms with Crippen molar-refractivity contribution in [3.63, 3.8) is 0 Å². The predicted molar refractivity (Wildman–Crippen MR) is 129 cm³/mol. The molecule has 1 amide bonds. The van der Waals surface area contributed by atoms with Gasteiger partial charge in [-0.3, -0.25) is 9.78 Å². The van der Waals surface area contributed by atoms with Crippen molar-refractivity contribution < 1.29 is 31.1 Å². The molecule has 9 heteroatoms. The summed E-state index contributed by atoms with van der Waals surface area (Å²) in [5.41, 5.74) is 0.496. The summed E-state index contributed by atoms with van der Waals surface area (Å²) >= 11 is 0. The average molecular weight is 512 g/mol. The van der Waals surface area contributed by atoms with Gasteiger partial charge in [-0.15, -0.1) is 0 Å². The van der Waals surface area contributed by atoms with Gasteiger partial charge < -0.3 is 5.32 Å². The van der Waals surface area contributed by atoms with Crippen LogP contribution >= 0.6 is 0 Å². The van der Waals surface area contributed by atoms with Crippen molar-refractivity contribution in [3.8, 4) is 0 Å². The highest BCUT2D eigenvalue weighted by Gasteiger charge is 2.31. The van der Waals surface area contributed by atoms with E-state index in [0.717, 1.165) is 35.2 Å². The number of carbonyl (C=O) groups is 1. The first kappa shape index (κ1) is 25.7. The Balaban J connectivity index is 1.60. The zero-order valence-corrected chi connectivity index (χ0v) is 18.9. The molecule has 0 aliphatic heterocycles. The van der Waals surface area contributed by atoms with Crippen LogP contribution in [0.4, 0.5) is 32.0 Å². The molecular weight excluding hydrogens is 494 g/mol. The molecule has 0 saturated heterocycles. The molecule has 3 nitrogen and oxygen atoms in total. The van der Waals surface area contributed by atoms with E-state index < -0.39 is 29.4 Å². The molecule has 0 saturated carbocycles. The molecule has 37 heavy (non-hydrogen) atoms. The van der Waals surface area contributed by atoms with Crippen LogP contribution in [0.5, 0.6) is 0 Å². The van der Waals surface area contributed by atoms with E-state index in [-0.39, 0.29) is 0 Å². The van der Waals surface area contributed by atoms with Crippen molar-refractivity contribution in [3.05, 3.63) is 126 Å². The lowest BCUT2D eigenvalue weighted by Crippen LogP contribution is -2.08. The van der Waals surface area contributed by atoms with E-state index >= 15 is 0 Å². The fourth-order valence-corrected chi connectivity index (χ4v) is 3.59. The summed E-state index contributed by atoms with van der Waals surface area (Å²) in [6.45, 7) is 0. The molecule has 4 aromatic rings. The number of fused-ring (bicyclic) bond motifs is 1. The summed E-state index contributed by atoms with van der Waals surface area (Å²) in [7, 11) is 0. The van der Waals surface area contributed by atoms with Crippen LogP contribution in [0.2, 0.25) is 0 Å². The second kappa shape index (κ2) is 10.3. The summed E-state index contributed by atoms with van der Waals surface area (Å²) in [5.74, 6) is -0.493. The number of anilines is 1. The second-order valence-corrected chi connectivity index (χ2v) is 8.00. The van der Waals surface area contributed by atoms with Gasteiger partial charge in [-0.05, 0) is 53.1 Å². The van der Waals surface area contributed by atoms with Gasteiger partial charge in [0, 0.05) is 11.5 Å². The molecule has 0 fully saturated rings. The van der Waals surface area contributed by atoms with Crippen LogP contribution < -0.4 is 5.32 Å². The zero-order chi connectivity index (χ0) is 26.6. The Hall–Kier alpha value is -4.40. The first-order valence-electron chi connectivity index (χ1n) is 10.9. The Labute approximate surface area is 207 Å². The maximum atomic E-state index is 13.0. The van der Waals surface area contributed by atoms with Crippen LogP contribution in [-0.4, -0.2) is 10.9 Å². The molecule has 0 aliphatic carbocycles. The van der Waals surface area contributed by atoms with E-state index in [4.69, 9.17) is 0 Å². The number of amides is 1. The molecular formula is C28H18F6N2O. The minimum absolute atomic E-state index is 0.330. The van der Waals surface area contributed by atoms with Crippen molar-refractivity contribution in [2.45, 2.75) is 12.4 Å². The highest BCUT2D eigenvalue weighted by atomic mass is 19.4. The molecule has 0 unspecified atom stereocenters. The largest absolute Gasteiger partial charge is 0.416 e. The van der Waals surface area contributed by atoms with Crippen molar-refractivity contribution in [1.82, 2.24) is 4.98 Å². The topological polar surface area (TPSA) is 42.0 Å². The van der Waals surface area contributed by atoms with Gasteiger partial charge in [0.15, 0.2) is 0 Å². The van der Waals surface area contributed by atoms with E-state index in [9.17, 15) is 31.1 Å². The highest BCUT2D eigenvalue weighted by Crippen LogP contribution is 2.33. The monoisotopic (exact) mass is 512 g/mol. The summed E-state index contributed by atoms with van der Waals surface area (Å²) in [4.78, 5) is 16.7. The van der Waals surface area contributed by atoms with Crippen LogP contribution in [-0.2, 0) is 17.1 Å². The van der Waals surface area contributed by atoms with Gasteiger partial charge in [0.2, 0.25) is 5.91 Å². The van der Waals surface area contributed by atoms with E-state index in [1.807, 2.05) is 24.3 Å². The third kappa shape index (κ3) is 6.43. The van der Waals surface area contributed by atoms with Crippen molar-refractivity contribution in [1.29, 1.82) is 0 Å². The minimum atomic E-state index is -4.54. The molecule has 1 N–H and O–H groups in total. The third-order valence-electron chi connectivity index (χ3n) is 5.41. The van der Waals surface area contributed by atoms with Crippen LogP contribution in [0.1, 0.15) is 22.3 Å². The number of benzene rings is 3. The molecule has 0 radical (unpaired) electrons. The SMILES string of the molecule is O=C(C=CC=C(c1ccc(C(F)(F)F)cc1)c1ccc(C(F)(F)F)cc1)Nc1cnc2ccccc2c1. The van der Waals surface area contributed by atoms with E-state index in [0.29, 0.717) is 22.4 Å². The minimum Gasteiger partial charge on any atom is -0.321 e. The number of pyridine rings is 1. The molecule has 0 spiro atoms. The number of nitrogens with one attached hydrogen (secondary N) is 1. The Morgan fingerprint density at radius 1 is 0.757 bits per heavy atom. The summed E-state index contributed by atoms with van der Waals surface area (Å²) in [6.07, 6.45) is -3.56. The first-order valence-corrected chi connectivity index (χ1v) is 10.9. The maximum Gasteiger partial charge on any atom is 0.416 e. The number of rotatable bonds is 5. The number of hydrogen-bond acceptors (Lipinski definition) is 2. The number of alkyl halides is 6. The lowest BCUT2D eigenvalue weighted by atomic mass is 9.95. The van der Waals surface area contributed by atoms with Gasteiger partial charge in [0.25, 0.3) is 0 Å². The smallest absolute Gasteiger partial charge is 0.321 e. The summed E-state index contributed by atoms with van der Waals surface area (Å²) in [6, 6.07) is 17.5. The number of carbonyl (C=O) groups excluding carboxylic acids is 1. The number of allylic oxidation sites excluding steroid dienone is 2. The predicted octanol–water partition coefficient (Wildman–Crippen LogP) is 7.90. The number of hydrogen-bond donors (Lipinski definition) is 1. The zero-order valence-electron chi connectivity index (χ0n) is 18.9. The molecule has 0 atom stereocenters. The third-order valence-corrected chi connectivity index (χ3v) is 5.41. The maximum absolute atomic E-state index is 13.0. The Kier molecular flexibility index (Phi) is 7.15. The van der Waals surface area contributed by atoms with Gasteiger partial charge in [-0.2, -0.15) is 26.3 Å². The number of nitrogens with zero attached hydrogens (tertiary/aromatic N) is 1. The van der Waals surface area contributed by atoms with Crippen LogP contribution in [0.15, 0.2) is 103 Å². The average Bonchev–Trinajstić information content (AvgIpc) is 2.86. The fraction of sp³-hybridized carbons (Fsp3) is 0.0714. The molecule has 1 aromatic heterocycles. The Morgan fingerprint density at radius 2 is 1.30 bits per heavy atom. The number of para-hydroxylation sites is 1. The standard InChI is InChI=1S/C28H18F6N2O/c29-27(30,31)21-12-8-18(9-13-21)24(19-10-14-22(15-11-19)28(32,33)34)5-3-7-26(37)36-23-16-20-4-1-2-6-25(20)35-17-23/h1-17H,(H,36,37). The molecule has 188 valence electrons. The van der Waals surface area contributed by atoms with Gasteiger partial charge in [-0.1, -0.05) is 54.6 Å². The number of halogens is 6. The van der Waals surface area contributed by atoms with Crippen LogP contribution in [0, 0.1) is 0 Å². The molecule has 4 rings (SSSR count). The van der Waals surface area contributed by atoms with Crippen LogP contribution in [0.25, 0.3) is 16.5 Å². The van der Waals surface area contributed by atoms with E-state index in [1.165, 1.54) is 48.7 Å². The van der Waals surface area contributed by atoms with Crippen molar-refractivity contribution >= 4 is 28.1 Å². The van der Waals surface area contributed by atoms with Crippen molar-refractivity contribution in [2.24, 2.45) is 0 Å². The lowest BCUT2D eigenvalue weighted by Gasteiger charge is -2.12. The molecule has 3 aromatic carbocycles. The second-order valence-electron chi connectivity index (χ2n) is 8.00. The Morgan fingerprint density at radius 3 is 1.84 bits per heavy atom. The molecule has 1 heterocycles. The quantitative estimate of drug-likeness (QED) is 0.168. The molecule has 0 aliphatic rings. The highest BCUT2D eigenvalue weighted by molar-refractivity contribution is 6.00. The van der Waals surface area contributed by atoms with Crippen molar-refractivity contribution in [2.75, 3.05) is 5.32 Å². The van der Waals surface area contributed by atoms with E-state index in [2.05, 4.69) is 10.3 Å². The van der Waals surface area contributed by atoms with Gasteiger partial charge in [0.05, 0.1) is 28.5 Å². The molecule has 0 bridgehead atoms. The van der Waals surface area contributed by atoms with E-state index in [1.54, 1.807) is 6.07 Å². The Bertz CT molecular complexity index is 1410. The fourth-order valence-electron chi connectivity index (χ4n) is 3.59. The normalized spacial score (nSPS) is 12.1. The summed E-state index contributed by atoms with van der Waals surface area (Å²) in [5, 5.41) is 3.50. The summed E-state index contributed by atoms with van der Waals surface area (Å²) < 4.78 is 77.9. The van der Waals surface area contributed by atoms with Gasteiger partial charge in [-0.25, -0.2) is 0 Å². The number of aromatic nitrogens is 1. The first-order chi connectivity index (χ1) is 17.5. The van der Waals surface area contributed by atoms with Gasteiger partial charge >= 0.3 is 12.4 Å². The van der Waals surface area contributed by atoms with Crippen LogP contribution in [0.3, 0.4) is 0 Å². The van der Waals surface area contributed by atoms with Gasteiger partial charge in [0.1, 0.15) is 0 Å². The lowest BCUT2D eigenvalue weighted by molar-refractivity contribution is -0.138.